The molecule has 0 spiro atoms. The minimum atomic E-state index is -1.16. The van der Waals surface area contributed by atoms with Crippen molar-refractivity contribution >= 4 is 29.3 Å². The highest BCUT2D eigenvalue weighted by Gasteiger charge is 2.54. The summed E-state index contributed by atoms with van der Waals surface area (Å²) < 4.78 is 18.7. The van der Waals surface area contributed by atoms with Gasteiger partial charge in [-0.15, -0.1) is 0 Å². The summed E-state index contributed by atoms with van der Waals surface area (Å²) in [6.45, 7) is 1.53. The third kappa shape index (κ3) is 8.05. The quantitative estimate of drug-likeness (QED) is 0.219. The molecule has 4 rings (SSSR count). The van der Waals surface area contributed by atoms with Gasteiger partial charge in [-0.1, -0.05) is 17.7 Å². The topological polar surface area (TPSA) is 137 Å². The summed E-state index contributed by atoms with van der Waals surface area (Å²) in [7, 11) is 1.45. The molecule has 0 bridgehead atoms. The summed E-state index contributed by atoms with van der Waals surface area (Å²) in [5.74, 6) is -0.676. The number of methoxy groups -OCH3 is 1. The summed E-state index contributed by atoms with van der Waals surface area (Å²) in [5.41, 5.74) is 1.15. The van der Waals surface area contributed by atoms with E-state index < -0.39 is 36.1 Å². The Morgan fingerprint density at radius 2 is 2.05 bits per heavy atom. The number of aliphatic carboxylic acids is 1. The number of aromatic nitrogens is 2. The molecule has 4 N–H and O–H groups in total. The van der Waals surface area contributed by atoms with Crippen LogP contribution < -0.4 is 16.2 Å². The molecule has 0 aromatic carbocycles. The van der Waals surface area contributed by atoms with Gasteiger partial charge in [0.1, 0.15) is 18.5 Å². The molecular weight excluding hydrogens is 553 g/mol. The monoisotopic (exact) mass is 591 g/mol. The Hall–Kier alpha value is -3.02. The maximum atomic E-state index is 13.5. The number of halogens is 2. The number of ether oxygens (including phenoxy) is 1. The van der Waals surface area contributed by atoms with Gasteiger partial charge in [-0.3, -0.25) is 9.59 Å². The number of pyridine rings is 2. The summed E-state index contributed by atoms with van der Waals surface area (Å²) in [6.07, 6.45) is 5.04. The van der Waals surface area contributed by atoms with Crippen LogP contribution in [0.2, 0.25) is 5.02 Å². The van der Waals surface area contributed by atoms with Gasteiger partial charge in [-0.25, -0.2) is 14.2 Å². The van der Waals surface area contributed by atoms with E-state index in [0.29, 0.717) is 38.2 Å². The summed E-state index contributed by atoms with van der Waals surface area (Å²) in [4.78, 5) is 46.5. The van der Waals surface area contributed by atoms with Crippen LogP contribution in [0.25, 0.3) is 0 Å². The third-order valence-electron chi connectivity index (χ3n) is 7.95. The largest absolute Gasteiger partial charge is 0.480 e. The van der Waals surface area contributed by atoms with E-state index in [1.165, 1.54) is 24.8 Å². The minimum absolute atomic E-state index is 0.122. The van der Waals surface area contributed by atoms with Gasteiger partial charge in [0, 0.05) is 38.5 Å². The van der Waals surface area contributed by atoms with E-state index in [2.05, 4.69) is 27.8 Å². The lowest BCUT2D eigenvalue weighted by Crippen LogP contribution is -2.48. The lowest BCUT2D eigenvalue weighted by molar-refractivity contribution is -0.142. The second-order valence-corrected chi connectivity index (χ2v) is 11.3. The molecule has 12 heteroatoms. The third-order valence-corrected chi connectivity index (χ3v) is 8.26. The van der Waals surface area contributed by atoms with E-state index in [9.17, 15) is 23.9 Å². The molecule has 2 aliphatic rings. The molecule has 2 aromatic heterocycles. The number of carboxylic acid groups (broad SMARTS) is 1. The number of anilines is 1. The molecule has 3 heterocycles. The first-order chi connectivity index (χ1) is 19.8. The number of amides is 1. The maximum Gasteiger partial charge on any atom is 0.326 e. The number of fused-ring (bicyclic) bond motifs is 1. The second-order valence-electron chi connectivity index (χ2n) is 10.9. The minimum Gasteiger partial charge on any atom is -0.480 e. The van der Waals surface area contributed by atoms with Crippen molar-refractivity contribution in [3.8, 4) is 0 Å². The number of unbranched alkanes of at least 4 members (excludes halogenated alkanes) is 1. The Kier molecular flexibility index (Phi) is 10.7. The first-order valence-electron chi connectivity index (χ1n) is 14.2. The van der Waals surface area contributed by atoms with Crippen LogP contribution in [-0.4, -0.2) is 84.0 Å². The Balaban J connectivity index is 1.33. The normalized spacial score (nSPS) is 16.9. The zero-order chi connectivity index (χ0) is 29.4. The number of alkyl halides is 1. The molecule has 1 amide bonds. The van der Waals surface area contributed by atoms with Gasteiger partial charge in [0.15, 0.2) is 0 Å². The fraction of sp³-hybridized carbons (Fsp3) is 0.586. The zero-order valence-electron chi connectivity index (χ0n) is 23.4. The molecule has 0 saturated heterocycles. The summed E-state index contributed by atoms with van der Waals surface area (Å²) in [6, 6.07) is 5.76. The van der Waals surface area contributed by atoms with Crippen molar-refractivity contribution in [3.05, 3.63) is 56.6 Å². The fourth-order valence-electron chi connectivity index (χ4n) is 5.30. The molecule has 1 aliphatic heterocycles. The van der Waals surface area contributed by atoms with E-state index in [0.717, 1.165) is 50.2 Å². The lowest BCUT2D eigenvalue weighted by atomic mass is 9.99. The average molecular weight is 592 g/mol. The van der Waals surface area contributed by atoms with E-state index in [1.54, 1.807) is 0 Å². The van der Waals surface area contributed by atoms with E-state index in [-0.39, 0.29) is 17.0 Å². The SMILES string of the molecule is COC(CF)CN(CCCCc1ccc2c(n1)NCCC2)CCC(NC(=O)C1(c2[nH]c(=O)ccc2Cl)CC1)C(=O)O. The molecule has 1 saturated carbocycles. The molecule has 10 nitrogen and oxygen atoms in total. The highest BCUT2D eigenvalue weighted by Crippen LogP contribution is 2.49. The number of H-pyrrole nitrogens is 1. The number of aromatic amines is 1. The van der Waals surface area contributed by atoms with Gasteiger partial charge in [-0.2, -0.15) is 0 Å². The molecule has 1 aliphatic carbocycles. The molecule has 2 atom stereocenters. The average Bonchev–Trinajstić information content (AvgIpc) is 3.78. The first-order valence-corrected chi connectivity index (χ1v) is 14.6. The summed E-state index contributed by atoms with van der Waals surface area (Å²) in [5, 5.41) is 16.1. The smallest absolute Gasteiger partial charge is 0.326 e. The molecule has 224 valence electrons. The van der Waals surface area contributed by atoms with Crippen molar-refractivity contribution in [2.45, 2.75) is 68.9 Å². The number of carbonyl (C=O) groups excluding carboxylic acids is 1. The van der Waals surface area contributed by atoms with Gasteiger partial charge < -0.3 is 30.4 Å². The summed E-state index contributed by atoms with van der Waals surface area (Å²) >= 11 is 6.25. The van der Waals surface area contributed by atoms with Crippen molar-refractivity contribution in [2.75, 3.05) is 45.3 Å². The van der Waals surface area contributed by atoms with Crippen molar-refractivity contribution in [2.24, 2.45) is 0 Å². The molecule has 0 radical (unpaired) electrons. The van der Waals surface area contributed by atoms with Crippen LogP contribution in [0.15, 0.2) is 29.1 Å². The number of carboxylic acids is 1. The predicted octanol–water partition coefficient (Wildman–Crippen LogP) is 3.08. The van der Waals surface area contributed by atoms with Gasteiger partial charge >= 0.3 is 5.97 Å². The Morgan fingerprint density at radius 3 is 2.76 bits per heavy atom. The zero-order valence-corrected chi connectivity index (χ0v) is 24.1. The van der Waals surface area contributed by atoms with Crippen LogP contribution in [0, 0.1) is 0 Å². The van der Waals surface area contributed by atoms with E-state index >= 15 is 0 Å². The molecule has 41 heavy (non-hydrogen) atoms. The van der Waals surface area contributed by atoms with Crippen LogP contribution in [-0.2, 0) is 32.6 Å². The van der Waals surface area contributed by atoms with Crippen LogP contribution in [0.5, 0.6) is 0 Å². The number of nitrogens with zero attached hydrogens (tertiary/aromatic N) is 2. The number of nitrogens with one attached hydrogen (secondary N) is 3. The number of rotatable bonds is 16. The van der Waals surface area contributed by atoms with Crippen molar-refractivity contribution in [1.82, 2.24) is 20.2 Å². The number of hydrogen-bond acceptors (Lipinski definition) is 7. The van der Waals surface area contributed by atoms with E-state index in [4.69, 9.17) is 21.3 Å². The number of carbonyl (C=O) groups is 2. The van der Waals surface area contributed by atoms with Crippen molar-refractivity contribution in [1.29, 1.82) is 0 Å². The fourth-order valence-corrected chi connectivity index (χ4v) is 5.60. The number of aryl methyl sites for hydroxylation is 2. The Morgan fingerprint density at radius 1 is 1.24 bits per heavy atom. The van der Waals surface area contributed by atoms with Gasteiger partial charge in [-0.05, 0) is 75.6 Å². The Labute approximate surface area is 244 Å². The van der Waals surface area contributed by atoms with Crippen molar-refractivity contribution < 1.29 is 23.8 Å². The molecule has 1 fully saturated rings. The van der Waals surface area contributed by atoms with Gasteiger partial charge in [0.25, 0.3) is 0 Å². The second kappa shape index (κ2) is 14.2. The van der Waals surface area contributed by atoms with Crippen LogP contribution in [0.4, 0.5) is 10.2 Å². The van der Waals surface area contributed by atoms with Crippen molar-refractivity contribution in [3.63, 3.8) is 0 Å². The van der Waals surface area contributed by atoms with Crippen LogP contribution in [0.3, 0.4) is 0 Å². The first kappa shape index (κ1) is 30.9. The van der Waals surface area contributed by atoms with Gasteiger partial charge in [0.05, 0.1) is 22.2 Å². The molecular formula is C29H39ClFN5O5. The standard InChI is InChI=1S/C29H39ClFN5O5/c1-41-21(17-31)18-36(15-3-2-6-20-8-7-19-5-4-14-32-26(19)33-20)16-11-23(27(38)39)34-28(40)29(12-13-29)25-22(30)9-10-24(37)35-25/h7-10,21,23H,2-6,11-18H2,1H3,(H,32,33)(H,34,40)(H,35,37)(H,38,39). The highest BCUT2D eigenvalue weighted by molar-refractivity contribution is 6.31. The van der Waals surface area contributed by atoms with E-state index in [1.807, 2.05) is 4.90 Å². The Bertz CT molecular complexity index is 1270. The van der Waals surface area contributed by atoms with Crippen LogP contribution >= 0.6 is 11.6 Å². The maximum absolute atomic E-state index is 13.5. The number of hydrogen-bond donors (Lipinski definition) is 4. The molecule has 2 aromatic rings. The predicted molar refractivity (Wildman–Crippen MR) is 154 cm³/mol. The van der Waals surface area contributed by atoms with Gasteiger partial charge in [0.2, 0.25) is 11.5 Å². The van der Waals surface area contributed by atoms with Crippen LogP contribution in [0.1, 0.15) is 55.5 Å². The lowest BCUT2D eigenvalue weighted by Gasteiger charge is -2.27. The molecule has 2 unspecified atom stereocenters. The highest BCUT2D eigenvalue weighted by atomic mass is 35.5.